The minimum atomic E-state index is -4.45. The molecule has 0 unspecified atom stereocenters. The zero-order chi connectivity index (χ0) is 18.6. The maximum Gasteiger partial charge on any atom is 0.416 e. The number of hydrogen-bond donors (Lipinski definition) is 1. The molecule has 9 heteroatoms. The third kappa shape index (κ3) is 4.66. The molecule has 26 heavy (non-hydrogen) atoms. The van der Waals surface area contributed by atoms with Crippen molar-refractivity contribution in [3.05, 3.63) is 70.9 Å². The van der Waals surface area contributed by atoms with Crippen LogP contribution in [0.15, 0.2) is 52.9 Å². The molecular formula is C17H13ClF3N3O2. The molecule has 0 spiro atoms. The number of para-hydroxylation sites is 1. The first kappa shape index (κ1) is 18.1. The van der Waals surface area contributed by atoms with Crippen LogP contribution in [0.3, 0.4) is 0 Å². The lowest BCUT2D eigenvalue weighted by atomic mass is 10.2. The van der Waals surface area contributed by atoms with Gasteiger partial charge in [0.05, 0.1) is 22.8 Å². The topological polar surface area (TPSA) is 60.2 Å². The van der Waals surface area contributed by atoms with Crippen LogP contribution in [0, 0.1) is 0 Å². The van der Waals surface area contributed by atoms with Crippen molar-refractivity contribution in [2.24, 2.45) is 0 Å². The predicted octanol–water partition coefficient (Wildman–Crippen LogP) is 4.93. The van der Waals surface area contributed by atoms with Gasteiger partial charge in [-0.25, -0.2) is 0 Å². The van der Waals surface area contributed by atoms with Gasteiger partial charge in [0.1, 0.15) is 5.75 Å². The Bertz CT molecular complexity index is 869. The zero-order valence-electron chi connectivity index (χ0n) is 13.3. The summed E-state index contributed by atoms with van der Waals surface area (Å²) in [5.41, 5.74) is -0.673. The quantitative estimate of drug-likeness (QED) is 0.653. The minimum Gasteiger partial charge on any atom is -0.484 e. The minimum absolute atomic E-state index is 0.0272. The standard InChI is InChI=1S/C17H13ClF3N3O2/c18-13-7-6-11(17(19,20)21)8-14(13)22-9-15-23-24-16(26-15)10-25-12-4-2-1-3-5-12/h1-8,22H,9-10H2. The fourth-order valence-corrected chi connectivity index (χ4v) is 2.27. The van der Waals surface area contributed by atoms with Crippen molar-refractivity contribution < 1.29 is 22.3 Å². The largest absolute Gasteiger partial charge is 0.484 e. The van der Waals surface area contributed by atoms with E-state index in [0.717, 1.165) is 12.1 Å². The van der Waals surface area contributed by atoms with Gasteiger partial charge in [0.15, 0.2) is 6.61 Å². The summed E-state index contributed by atoms with van der Waals surface area (Å²) in [5.74, 6) is 1.10. The Morgan fingerprint density at radius 3 is 2.50 bits per heavy atom. The number of hydrogen-bond acceptors (Lipinski definition) is 5. The van der Waals surface area contributed by atoms with Gasteiger partial charge in [-0.15, -0.1) is 10.2 Å². The van der Waals surface area contributed by atoms with Crippen molar-refractivity contribution in [1.82, 2.24) is 10.2 Å². The molecule has 0 bridgehead atoms. The molecule has 0 atom stereocenters. The SMILES string of the molecule is FC(F)(F)c1ccc(Cl)c(NCc2nnc(COc3ccccc3)o2)c1. The van der Waals surface area contributed by atoms with Crippen LogP contribution < -0.4 is 10.1 Å². The fourth-order valence-electron chi connectivity index (χ4n) is 2.09. The van der Waals surface area contributed by atoms with Crippen LogP contribution in [0.1, 0.15) is 17.3 Å². The Morgan fingerprint density at radius 1 is 1.04 bits per heavy atom. The van der Waals surface area contributed by atoms with E-state index in [1.165, 1.54) is 6.07 Å². The number of alkyl halides is 3. The number of nitrogens with one attached hydrogen (secondary N) is 1. The van der Waals surface area contributed by atoms with Crippen molar-refractivity contribution in [2.45, 2.75) is 19.3 Å². The number of nitrogens with zero attached hydrogens (tertiary/aromatic N) is 2. The first-order valence-electron chi connectivity index (χ1n) is 7.51. The first-order chi connectivity index (χ1) is 12.4. The lowest BCUT2D eigenvalue weighted by molar-refractivity contribution is -0.137. The molecule has 0 aliphatic rings. The van der Waals surface area contributed by atoms with E-state index in [0.29, 0.717) is 5.75 Å². The molecule has 0 saturated heterocycles. The highest BCUT2D eigenvalue weighted by Crippen LogP contribution is 2.33. The molecule has 0 aliphatic carbocycles. The van der Waals surface area contributed by atoms with Crippen LogP contribution >= 0.6 is 11.6 Å². The molecule has 5 nitrogen and oxygen atoms in total. The van der Waals surface area contributed by atoms with E-state index >= 15 is 0 Å². The molecule has 0 aliphatic heterocycles. The molecule has 136 valence electrons. The van der Waals surface area contributed by atoms with Gasteiger partial charge < -0.3 is 14.5 Å². The van der Waals surface area contributed by atoms with Gasteiger partial charge in [-0.2, -0.15) is 13.2 Å². The Kier molecular flexibility index (Phi) is 5.32. The summed E-state index contributed by atoms with van der Waals surface area (Å²) in [4.78, 5) is 0. The highest BCUT2D eigenvalue weighted by atomic mass is 35.5. The monoisotopic (exact) mass is 383 g/mol. The Morgan fingerprint density at radius 2 is 1.77 bits per heavy atom. The van der Waals surface area contributed by atoms with Gasteiger partial charge >= 0.3 is 6.18 Å². The number of rotatable bonds is 6. The van der Waals surface area contributed by atoms with Crippen molar-refractivity contribution in [1.29, 1.82) is 0 Å². The molecule has 0 saturated carbocycles. The summed E-state index contributed by atoms with van der Waals surface area (Å²) in [7, 11) is 0. The molecule has 3 aromatic rings. The third-order valence-electron chi connectivity index (χ3n) is 3.34. The lowest BCUT2D eigenvalue weighted by Crippen LogP contribution is -2.07. The smallest absolute Gasteiger partial charge is 0.416 e. The van der Waals surface area contributed by atoms with Gasteiger partial charge in [0.2, 0.25) is 5.89 Å². The molecule has 1 aromatic heterocycles. The van der Waals surface area contributed by atoms with Crippen molar-refractivity contribution in [2.75, 3.05) is 5.32 Å². The van der Waals surface area contributed by atoms with E-state index in [9.17, 15) is 13.2 Å². The van der Waals surface area contributed by atoms with E-state index in [4.69, 9.17) is 20.8 Å². The molecule has 1 N–H and O–H groups in total. The van der Waals surface area contributed by atoms with Crippen molar-refractivity contribution in [3.63, 3.8) is 0 Å². The molecule has 0 amide bonds. The average Bonchev–Trinajstić information content (AvgIpc) is 3.07. The summed E-state index contributed by atoms with van der Waals surface area (Å²) < 4.78 is 49.2. The van der Waals surface area contributed by atoms with Crippen LogP contribution in [0.5, 0.6) is 5.75 Å². The van der Waals surface area contributed by atoms with Crippen LogP contribution in [0.4, 0.5) is 18.9 Å². The second-order valence-corrected chi connectivity index (χ2v) is 5.64. The van der Waals surface area contributed by atoms with Gasteiger partial charge in [0.25, 0.3) is 5.89 Å². The Balaban J connectivity index is 1.60. The highest BCUT2D eigenvalue weighted by Gasteiger charge is 2.30. The lowest BCUT2D eigenvalue weighted by Gasteiger charge is -2.11. The fraction of sp³-hybridized carbons (Fsp3) is 0.176. The maximum absolute atomic E-state index is 12.8. The third-order valence-corrected chi connectivity index (χ3v) is 3.67. The maximum atomic E-state index is 12.8. The predicted molar refractivity (Wildman–Crippen MR) is 88.9 cm³/mol. The van der Waals surface area contributed by atoms with Gasteiger partial charge in [-0.1, -0.05) is 29.8 Å². The van der Waals surface area contributed by atoms with Crippen LogP contribution in [-0.4, -0.2) is 10.2 Å². The van der Waals surface area contributed by atoms with Crippen molar-refractivity contribution in [3.8, 4) is 5.75 Å². The first-order valence-corrected chi connectivity index (χ1v) is 7.89. The number of benzene rings is 2. The number of aromatic nitrogens is 2. The van der Waals surface area contributed by atoms with E-state index in [1.54, 1.807) is 12.1 Å². The van der Waals surface area contributed by atoms with Gasteiger partial charge in [-0.05, 0) is 30.3 Å². The average molecular weight is 384 g/mol. The van der Waals surface area contributed by atoms with E-state index < -0.39 is 11.7 Å². The summed E-state index contributed by atoms with van der Waals surface area (Å²) in [6.45, 7) is 0.112. The zero-order valence-corrected chi connectivity index (χ0v) is 14.0. The van der Waals surface area contributed by atoms with E-state index in [2.05, 4.69) is 15.5 Å². The molecule has 0 radical (unpaired) electrons. The molecular weight excluding hydrogens is 371 g/mol. The second kappa shape index (κ2) is 7.65. The van der Waals surface area contributed by atoms with Crippen LogP contribution in [0.25, 0.3) is 0 Å². The van der Waals surface area contributed by atoms with Gasteiger partial charge in [-0.3, -0.25) is 0 Å². The Labute approximate surface area is 151 Å². The van der Waals surface area contributed by atoms with Crippen LogP contribution in [0.2, 0.25) is 5.02 Å². The molecule has 3 rings (SSSR count). The van der Waals surface area contributed by atoms with Crippen LogP contribution in [-0.2, 0) is 19.3 Å². The van der Waals surface area contributed by atoms with E-state index in [1.807, 2.05) is 18.2 Å². The second-order valence-electron chi connectivity index (χ2n) is 5.24. The molecule has 1 heterocycles. The van der Waals surface area contributed by atoms with Crippen molar-refractivity contribution >= 4 is 17.3 Å². The highest BCUT2D eigenvalue weighted by molar-refractivity contribution is 6.33. The summed E-state index contributed by atoms with van der Waals surface area (Å²) in [5, 5.41) is 10.6. The molecule has 2 aromatic carbocycles. The number of halogens is 4. The summed E-state index contributed by atoms with van der Waals surface area (Å²) >= 11 is 5.92. The number of ether oxygens (including phenoxy) is 1. The normalized spacial score (nSPS) is 11.4. The molecule has 0 fully saturated rings. The summed E-state index contributed by atoms with van der Waals surface area (Å²) in [6, 6.07) is 12.1. The van der Waals surface area contributed by atoms with Gasteiger partial charge in [0, 0.05) is 0 Å². The summed E-state index contributed by atoms with van der Waals surface area (Å²) in [6.07, 6.45) is -4.45. The van der Waals surface area contributed by atoms with E-state index in [-0.39, 0.29) is 35.6 Å². The number of anilines is 1. The Hall–Kier alpha value is -2.74.